The molecule has 3 N–H and O–H groups in total. The lowest BCUT2D eigenvalue weighted by Crippen LogP contribution is -1.91. The Kier molecular flexibility index (Phi) is 3.27. The van der Waals surface area contributed by atoms with E-state index in [0.717, 1.165) is 15.9 Å². The van der Waals surface area contributed by atoms with E-state index in [4.69, 9.17) is 17.3 Å². The van der Waals surface area contributed by atoms with Gasteiger partial charge in [-0.2, -0.15) is 0 Å². The number of aromatic nitrogens is 4. The Hall–Kier alpha value is -1.79. The molecule has 1 aromatic carbocycles. The number of nitrogens with one attached hydrogen (secondary N) is 1. The first kappa shape index (κ1) is 12.3. The first-order chi connectivity index (χ1) is 9.22. The number of nitrogens with zero attached hydrogens (tertiary/aromatic N) is 3. The fourth-order valence-electron chi connectivity index (χ4n) is 1.63. The maximum Gasteiger partial charge on any atom is 0.183 e. The monoisotopic (exact) mass is 291 g/mol. The Bertz CT molecular complexity index is 710. The van der Waals surface area contributed by atoms with Gasteiger partial charge in [-0.3, -0.25) is 0 Å². The molecular formula is C12H10ClN5S. The molecule has 3 rings (SSSR count). The van der Waals surface area contributed by atoms with E-state index in [0.29, 0.717) is 17.0 Å². The highest BCUT2D eigenvalue weighted by atomic mass is 35.5. The average Bonchev–Trinajstić information content (AvgIpc) is 2.83. The lowest BCUT2D eigenvalue weighted by molar-refractivity contribution is 1.07. The number of anilines is 1. The molecule has 3 aromatic rings. The van der Waals surface area contributed by atoms with Crippen molar-refractivity contribution in [3.05, 3.63) is 41.2 Å². The van der Waals surface area contributed by atoms with Gasteiger partial charge in [0.05, 0.1) is 0 Å². The van der Waals surface area contributed by atoms with Gasteiger partial charge in [0.2, 0.25) is 0 Å². The summed E-state index contributed by atoms with van der Waals surface area (Å²) in [6, 6.07) is 7.73. The van der Waals surface area contributed by atoms with Crippen LogP contribution in [0.15, 0.2) is 35.7 Å². The summed E-state index contributed by atoms with van der Waals surface area (Å²) in [4.78, 5) is 15.5. The Morgan fingerprint density at radius 1 is 1.21 bits per heavy atom. The lowest BCUT2D eigenvalue weighted by Gasteiger charge is -1.98. The van der Waals surface area contributed by atoms with E-state index in [1.807, 2.05) is 24.3 Å². The second-order valence-electron chi connectivity index (χ2n) is 3.91. The third-order valence-electron chi connectivity index (χ3n) is 2.58. The summed E-state index contributed by atoms with van der Waals surface area (Å²) in [5.41, 5.74) is 8.19. The first-order valence-electron chi connectivity index (χ1n) is 5.56. The molecule has 0 saturated carbocycles. The summed E-state index contributed by atoms with van der Waals surface area (Å²) in [5, 5.41) is 1.51. The summed E-state index contributed by atoms with van der Waals surface area (Å²) in [6.07, 6.45) is 1.41. The van der Waals surface area contributed by atoms with Gasteiger partial charge in [0, 0.05) is 10.8 Å². The lowest BCUT2D eigenvalue weighted by atomic mass is 10.2. The third-order valence-corrected chi connectivity index (χ3v) is 3.78. The van der Waals surface area contributed by atoms with Crippen molar-refractivity contribution in [2.75, 3.05) is 5.73 Å². The zero-order valence-corrected chi connectivity index (χ0v) is 11.4. The van der Waals surface area contributed by atoms with Crippen molar-refractivity contribution in [1.82, 2.24) is 19.9 Å². The number of fused-ring (bicyclic) bond motifs is 1. The second kappa shape index (κ2) is 5.07. The van der Waals surface area contributed by atoms with Crippen molar-refractivity contribution >= 4 is 40.3 Å². The highest BCUT2D eigenvalue weighted by Crippen LogP contribution is 2.24. The summed E-state index contributed by atoms with van der Waals surface area (Å²) in [7, 11) is 0. The molecular weight excluding hydrogens is 282 g/mol. The van der Waals surface area contributed by atoms with Crippen molar-refractivity contribution in [3.63, 3.8) is 0 Å². The van der Waals surface area contributed by atoms with Gasteiger partial charge in [-0.25, -0.2) is 15.0 Å². The van der Waals surface area contributed by atoms with E-state index in [1.165, 1.54) is 11.9 Å². The van der Waals surface area contributed by atoms with Crippen LogP contribution in [0.1, 0.15) is 5.56 Å². The number of hydrogen-bond donors (Lipinski definition) is 2. The topological polar surface area (TPSA) is 80.5 Å². The highest BCUT2D eigenvalue weighted by Gasteiger charge is 2.07. The largest absolute Gasteiger partial charge is 0.382 e. The molecule has 0 unspecified atom stereocenters. The molecule has 0 aliphatic carbocycles. The Morgan fingerprint density at radius 3 is 2.74 bits per heavy atom. The van der Waals surface area contributed by atoms with Gasteiger partial charge < -0.3 is 10.7 Å². The minimum atomic E-state index is 0.413. The van der Waals surface area contributed by atoms with Crippen LogP contribution in [0.2, 0.25) is 5.02 Å². The SMILES string of the molecule is Nc1ncnc2nc(SCc3ccc(Cl)cc3)[nH]c12. The summed E-state index contributed by atoms with van der Waals surface area (Å²) < 4.78 is 0. The molecule has 0 radical (unpaired) electrons. The van der Waals surface area contributed by atoms with Crippen LogP contribution in [-0.2, 0) is 5.75 Å². The number of nitrogens with two attached hydrogens (primary N) is 1. The number of aromatic amines is 1. The summed E-state index contributed by atoms with van der Waals surface area (Å²) in [6.45, 7) is 0. The van der Waals surface area contributed by atoms with E-state index < -0.39 is 0 Å². The number of rotatable bonds is 3. The van der Waals surface area contributed by atoms with Gasteiger partial charge in [-0.15, -0.1) is 0 Å². The van der Waals surface area contributed by atoms with Crippen molar-refractivity contribution < 1.29 is 0 Å². The number of benzene rings is 1. The molecule has 0 fully saturated rings. The van der Waals surface area contributed by atoms with Crippen molar-refractivity contribution in [2.24, 2.45) is 0 Å². The number of thioether (sulfide) groups is 1. The van der Waals surface area contributed by atoms with Crippen LogP contribution in [0, 0.1) is 0 Å². The van der Waals surface area contributed by atoms with E-state index in [9.17, 15) is 0 Å². The van der Waals surface area contributed by atoms with Crippen molar-refractivity contribution in [1.29, 1.82) is 0 Å². The number of hydrogen-bond acceptors (Lipinski definition) is 5. The normalized spacial score (nSPS) is 11.0. The zero-order chi connectivity index (χ0) is 13.2. The van der Waals surface area contributed by atoms with Gasteiger partial charge in [0.15, 0.2) is 16.6 Å². The molecule has 0 amide bonds. The predicted molar refractivity (Wildman–Crippen MR) is 77.1 cm³/mol. The standard InChI is InChI=1S/C12H10ClN5S/c13-8-3-1-7(2-4-8)5-19-12-17-9-10(14)15-6-16-11(9)18-12/h1-4,6H,5H2,(H3,14,15,16,17,18). The number of halogens is 1. The van der Waals surface area contributed by atoms with E-state index in [-0.39, 0.29) is 0 Å². The van der Waals surface area contributed by atoms with Gasteiger partial charge in [0.25, 0.3) is 0 Å². The van der Waals surface area contributed by atoms with Crippen LogP contribution in [0.5, 0.6) is 0 Å². The third kappa shape index (κ3) is 2.64. The Labute approximate surface area is 118 Å². The molecule has 19 heavy (non-hydrogen) atoms. The first-order valence-corrected chi connectivity index (χ1v) is 6.92. The fourth-order valence-corrected chi connectivity index (χ4v) is 2.57. The highest BCUT2D eigenvalue weighted by molar-refractivity contribution is 7.98. The van der Waals surface area contributed by atoms with Gasteiger partial charge in [-0.1, -0.05) is 35.5 Å². The number of H-pyrrole nitrogens is 1. The van der Waals surface area contributed by atoms with E-state index >= 15 is 0 Å². The Morgan fingerprint density at radius 2 is 2.00 bits per heavy atom. The van der Waals surface area contributed by atoms with Gasteiger partial charge in [0.1, 0.15) is 11.8 Å². The quantitative estimate of drug-likeness (QED) is 0.725. The Balaban J connectivity index is 1.78. The van der Waals surface area contributed by atoms with Crippen LogP contribution < -0.4 is 5.73 Å². The predicted octanol–water partition coefficient (Wildman–Crippen LogP) is 2.88. The summed E-state index contributed by atoms with van der Waals surface area (Å²) >= 11 is 7.43. The van der Waals surface area contributed by atoms with Crippen LogP contribution in [0.25, 0.3) is 11.2 Å². The average molecular weight is 292 g/mol. The van der Waals surface area contributed by atoms with Crippen LogP contribution in [-0.4, -0.2) is 19.9 Å². The molecule has 0 saturated heterocycles. The molecule has 0 aliphatic rings. The molecule has 0 bridgehead atoms. The zero-order valence-electron chi connectivity index (χ0n) is 9.80. The smallest absolute Gasteiger partial charge is 0.183 e. The molecule has 2 aromatic heterocycles. The molecule has 0 spiro atoms. The van der Waals surface area contributed by atoms with Crippen LogP contribution in [0.4, 0.5) is 5.82 Å². The van der Waals surface area contributed by atoms with E-state index in [2.05, 4.69) is 19.9 Å². The van der Waals surface area contributed by atoms with E-state index in [1.54, 1.807) is 11.8 Å². The minimum absolute atomic E-state index is 0.413. The van der Waals surface area contributed by atoms with Crippen LogP contribution >= 0.6 is 23.4 Å². The molecule has 0 aliphatic heterocycles. The fraction of sp³-hybridized carbons (Fsp3) is 0.0833. The van der Waals surface area contributed by atoms with Crippen molar-refractivity contribution in [3.8, 4) is 0 Å². The summed E-state index contributed by atoms with van der Waals surface area (Å²) in [5.74, 6) is 1.21. The maximum absolute atomic E-state index is 5.85. The minimum Gasteiger partial charge on any atom is -0.382 e. The number of imidazole rings is 1. The van der Waals surface area contributed by atoms with Crippen LogP contribution in [0.3, 0.4) is 0 Å². The van der Waals surface area contributed by atoms with Gasteiger partial charge >= 0.3 is 0 Å². The van der Waals surface area contributed by atoms with Crippen molar-refractivity contribution in [2.45, 2.75) is 10.9 Å². The molecule has 7 heteroatoms. The maximum atomic E-state index is 5.85. The molecule has 5 nitrogen and oxygen atoms in total. The number of nitrogen functional groups attached to an aromatic ring is 1. The molecule has 2 heterocycles. The van der Waals surface area contributed by atoms with Gasteiger partial charge in [-0.05, 0) is 17.7 Å². The second-order valence-corrected chi connectivity index (χ2v) is 5.32. The molecule has 0 atom stereocenters. The molecule has 96 valence electrons.